The summed E-state index contributed by atoms with van der Waals surface area (Å²) in [6.45, 7) is 1.93. The molecule has 5 nitrogen and oxygen atoms in total. The number of aromatic nitrogens is 3. The topological polar surface area (TPSA) is 74.5 Å². The predicted molar refractivity (Wildman–Crippen MR) is 64.3 cm³/mol. The van der Waals surface area contributed by atoms with E-state index in [1.165, 1.54) is 12.5 Å². The summed E-state index contributed by atoms with van der Waals surface area (Å²) in [5.74, 6) is 0.775. The van der Waals surface area contributed by atoms with Gasteiger partial charge in [0.2, 0.25) is 0 Å². The van der Waals surface area contributed by atoms with Crippen molar-refractivity contribution in [1.82, 2.24) is 15.0 Å². The standard InChI is InChI=1S/C12H11N5/c1-8-11(16-7-17-12(8)14-2)10-3-9(4-13)5-15-6-10/h3,5-7H,1-2H3,(H,14,16,17). The minimum Gasteiger partial charge on any atom is -0.373 e. The molecular weight excluding hydrogens is 214 g/mol. The van der Waals surface area contributed by atoms with Crippen molar-refractivity contribution in [1.29, 1.82) is 5.26 Å². The first-order valence-corrected chi connectivity index (χ1v) is 5.11. The average molecular weight is 225 g/mol. The van der Waals surface area contributed by atoms with Crippen molar-refractivity contribution in [3.05, 3.63) is 35.9 Å². The summed E-state index contributed by atoms with van der Waals surface area (Å²) in [4.78, 5) is 12.4. The maximum atomic E-state index is 8.84. The monoisotopic (exact) mass is 225 g/mol. The number of anilines is 1. The Morgan fingerprint density at radius 2 is 2.12 bits per heavy atom. The summed E-state index contributed by atoms with van der Waals surface area (Å²) in [7, 11) is 1.81. The summed E-state index contributed by atoms with van der Waals surface area (Å²) in [5, 5.41) is 11.8. The second-order valence-corrected chi connectivity index (χ2v) is 3.52. The molecule has 0 saturated carbocycles. The van der Waals surface area contributed by atoms with Crippen molar-refractivity contribution in [2.24, 2.45) is 0 Å². The molecule has 2 rings (SSSR count). The Bertz CT molecular complexity index is 586. The summed E-state index contributed by atoms with van der Waals surface area (Å²) >= 11 is 0. The van der Waals surface area contributed by atoms with Crippen molar-refractivity contribution in [2.75, 3.05) is 12.4 Å². The van der Waals surface area contributed by atoms with Crippen LogP contribution in [0.2, 0.25) is 0 Å². The molecule has 0 spiro atoms. The third kappa shape index (κ3) is 2.06. The molecule has 5 heteroatoms. The van der Waals surface area contributed by atoms with Gasteiger partial charge in [-0.1, -0.05) is 0 Å². The highest BCUT2D eigenvalue weighted by Gasteiger charge is 2.08. The van der Waals surface area contributed by atoms with Crippen LogP contribution in [0.5, 0.6) is 0 Å². The summed E-state index contributed by atoms with van der Waals surface area (Å²) in [5.41, 5.74) is 3.06. The molecule has 0 aromatic carbocycles. The molecular formula is C12H11N5. The number of rotatable bonds is 2. The van der Waals surface area contributed by atoms with Gasteiger partial charge in [0, 0.05) is 30.6 Å². The van der Waals surface area contributed by atoms with Crippen molar-refractivity contribution < 1.29 is 0 Å². The molecule has 0 aliphatic carbocycles. The molecule has 0 atom stereocenters. The lowest BCUT2D eigenvalue weighted by Crippen LogP contribution is -1.99. The molecule has 0 bridgehead atoms. The first-order chi connectivity index (χ1) is 8.26. The van der Waals surface area contributed by atoms with Gasteiger partial charge in [-0.2, -0.15) is 5.26 Å². The third-order valence-corrected chi connectivity index (χ3v) is 2.46. The zero-order valence-electron chi connectivity index (χ0n) is 9.60. The molecule has 0 fully saturated rings. The van der Waals surface area contributed by atoms with Crippen LogP contribution in [0.25, 0.3) is 11.3 Å². The van der Waals surface area contributed by atoms with E-state index in [0.29, 0.717) is 5.56 Å². The normalized spacial score (nSPS) is 9.71. The van der Waals surface area contributed by atoms with Crippen molar-refractivity contribution in [3.63, 3.8) is 0 Å². The van der Waals surface area contributed by atoms with Gasteiger partial charge < -0.3 is 5.32 Å². The number of hydrogen-bond donors (Lipinski definition) is 1. The molecule has 0 saturated heterocycles. The van der Waals surface area contributed by atoms with Crippen molar-refractivity contribution in [3.8, 4) is 17.3 Å². The van der Waals surface area contributed by atoms with Gasteiger partial charge in [0.1, 0.15) is 18.2 Å². The third-order valence-electron chi connectivity index (χ3n) is 2.46. The zero-order valence-corrected chi connectivity index (χ0v) is 9.60. The highest BCUT2D eigenvalue weighted by molar-refractivity contribution is 5.67. The molecule has 0 aliphatic heterocycles. The first kappa shape index (κ1) is 11.0. The summed E-state index contributed by atoms with van der Waals surface area (Å²) in [6, 6.07) is 3.83. The van der Waals surface area contributed by atoms with E-state index >= 15 is 0 Å². The lowest BCUT2D eigenvalue weighted by atomic mass is 10.1. The average Bonchev–Trinajstić information content (AvgIpc) is 2.39. The number of nitrogens with zero attached hydrogens (tertiary/aromatic N) is 4. The molecule has 84 valence electrons. The van der Waals surface area contributed by atoms with Crippen LogP contribution in [0, 0.1) is 18.3 Å². The van der Waals surface area contributed by atoms with Crippen molar-refractivity contribution in [2.45, 2.75) is 6.92 Å². The molecule has 0 amide bonds. The van der Waals surface area contributed by atoms with E-state index in [1.54, 1.807) is 12.3 Å². The van der Waals surface area contributed by atoms with Gasteiger partial charge in [-0.3, -0.25) is 4.98 Å². The highest BCUT2D eigenvalue weighted by Crippen LogP contribution is 2.24. The van der Waals surface area contributed by atoms with Gasteiger partial charge in [-0.15, -0.1) is 0 Å². The van der Waals surface area contributed by atoms with Gasteiger partial charge in [-0.25, -0.2) is 9.97 Å². The number of nitrogens with one attached hydrogen (secondary N) is 1. The van der Waals surface area contributed by atoms with Gasteiger partial charge in [-0.05, 0) is 13.0 Å². The molecule has 0 aliphatic rings. The highest BCUT2D eigenvalue weighted by atomic mass is 15.0. The van der Waals surface area contributed by atoms with Gasteiger partial charge in [0.25, 0.3) is 0 Å². The lowest BCUT2D eigenvalue weighted by Gasteiger charge is -2.08. The smallest absolute Gasteiger partial charge is 0.132 e. The van der Waals surface area contributed by atoms with E-state index in [2.05, 4.69) is 26.3 Å². The fourth-order valence-corrected chi connectivity index (χ4v) is 1.62. The quantitative estimate of drug-likeness (QED) is 0.842. The van der Waals surface area contributed by atoms with E-state index < -0.39 is 0 Å². The fourth-order valence-electron chi connectivity index (χ4n) is 1.62. The largest absolute Gasteiger partial charge is 0.373 e. The first-order valence-electron chi connectivity index (χ1n) is 5.11. The molecule has 0 radical (unpaired) electrons. The minimum atomic E-state index is 0.520. The van der Waals surface area contributed by atoms with Gasteiger partial charge in [0.15, 0.2) is 0 Å². The van der Waals surface area contributed by atoms with Crippen LogP contribution in [-0.4, -0.2) is 22.0 Å². The molecule has 2 aromatic rings. The van der Waals surface area contributed by atoms with E-state index in [9.17, 15) is 0 Å². The fraction of sp³-hybridized carbons (Fsp3) is 0.167. The maximum Gasteiger partial charge on any atom is 0.132 e. The number of nitriles is 1. The molecule has 2 heterocycles. The van der Waals surface area contributed by atoms with Crippen LogP contribution >= 0.6 is 0 Å². The summed E-state index contributed by atoms with van der Waals surface area (Å²) in [6.07, 6.45) is 4.71. The lowest BCUT2D eigenvalue weighted by molar-refractivity contribution is 1.12. The van der Waals surface area contributed by atoms with Crippen LogP contribution in [0.1, 0.15) is 11.1 Å². The van der Waals surface area contributed by atoms with Crippen molar-refractivity contribution >= 4 is 5.82 Å². The van der Waals surface area contributed by atoms with Crippen LogP contribution < -0.4 is 5.32 Å². The second kappa shape index (κ2) is 4.58. The van der Waals surface area contributed by atoms with E-state index in [-0.39, 0.29) is 0 Å². The summed E-state index contributed by atoms with van der Waals surface area (Å²) < 4.78 is 0. The van der Waals surface area contributed by atoms with Crippen LogP contribution in [0.3, 0.4) is 0 Å². The Balaban J connectivity index is 2.57. The Hall–Kier alpha value is -2.48. The molecule has 2 aromatic heterocycles. The predicted octanol–water partition coefficient (Wildman–Crippen LogP) is 1.76. The van der Waals surface area contributed by atoms with E-state index in [1.807, 2.05) is 14.0 Å². The Kier molecular flexibility index (Phi) is 2.97. The second-order valence-electron chi connectivity index (χ2n) is 3.52. The minimum absolute atomic E-state index is 0.520. The van der Waals surface area contributed by atoms with Crippen LogP contribution in [0.15, 0.2) is 24.8 Å². The Morgan fingerprint density at radius 3 is 2.82 bits per heavy atom. The SMILES string of the molecule is CNc1ncnc(-c2cncc(C#N)c2)c1C. The number of hydrogen-bond acceptors (Lipinski definition) is 5. The molecule has 0 unspecified atom stereocenters. The molecule has 1 N–H and O–H groups in total. The van der Waals surface area contributed by atoms with Gasteiger partial charge in [0.05, 0.1) is 11.3 Å². The Morgan fingerprint density at radius 1 is 1.29 bits per heavy atom. The van der Waals surface area contributed by atoms with Crippen LogP contribution in [0.4, 0.5) is 5.82 Å². The molecule has 17 heavy (non-hydrogen) atoms. The van der Waals surface area contributed by atoms with Gasteiger partial charge >= 0.3 is 0 Å². The zero-order chi connectivity index (χ0) is 12.3. The van der Waals surface area contributed by atoms with E-state index in [4.69, 9.17) is 5.26 Å². The Labute approximate surface area is 99.2 Å². The number of pyridine rings is 1. The maximum absolute atomic E-state index is 8.84. The van der Waals surface area contributed by atoms with E-state index in [0.717, 1.165) is 22.6 Å². The van der Waals surface area contributed by atoms with Crippen LogP contribution in [-0.2, 0) is 0 Å².